The third-order valence-electron chi connectivity index (χ3n) is 3.65. The molecule has 0 spiro atoms. The summed E-state index contributed by atoms with van der Waals surface area (Å²) >= 11 is 0. The fraction of sp³-hybridized carbons (Fsp3) is 0. The van der Waals surface area contributed by atoms with Gasteiger partial charge in [-0.1, -0.05) is 30.3 Å². The number of amides is 3. The normalized spacial score (nSPS) is 10.5. The zero-order valence-corrected chi connectivity index (χ0v) is 12.5. The van der Waals surface area contributed by atoms with Crippen LogP contribution in [0.25, 0.3) is 22.0 Å². The van der Waals surface area contributed by atoms with Crippen LogP contribution in [-0.2, 0) is 0 Å². The number of H-pyrrole nitrogens is 1. The summed E-state index contributed by atoms with van der Waals surface area (Å²) in [6.45, 7) is 0. The predicted octanol–water partition coefficient (Wildman–Crippen LogP) is 2.24. The van der Waals surface area contributed by atoms with Crippen LogP contribution < -0.4 is 16.8 Å². The summed E-state index contributed by atoms with van der Waals surface area (Å²) in [6.07, 6.45) is 0.775. The van der Waals surface area contributed by atoms with Gasteiger partial charge in [0.15, 0.2) is 0 Å². The Kier molecular flexibility index (Phi) is 3.75. The van der Waals surface area contributed by atoms with Gasteiger partial charge in [0, 0.05) is 16.5 Å². The van der Waals surface area contributed by atoms with Crippen molar-refractivity contribution in [2.24, 2.45) is 11.5 Å². The maximum atomic E-state index is 11.7. The molecule has 7 nitrogen and oxygen atoms in total. The van der Waals surface area contributed by atoms with Gasteiger partial charge >= 0.3 is 6.03 Å². The van der Waals surface area contributed by atoms with E-state index in [1.165, 1.54) is 0 Å². The molecule has 0 radical (unpaired) electrons. The lowest BCUT2D eigenvalue weighted by Gasteiger charge is -2.03. The Hall–Kier alpha value is -3.61. The van der Waals surface area contributed by atoms with Crippen LogP contribution in [0.5, 0.6) is 0 Å². The molecule has 1 aromatic heterocycles. The molecule has 7 heteroatoms. The molecule has 0 saturated heterocycles. The molecule has 120 valence electrons. The number of nitrogens with one attached hydrogen (secondary N) is 2. The number of hydrogen-bond donors (Lipinski definition) is 4. The third kappa shape index (κ3) is 2.70. The van der Waals surface area contributed by atoms with E-state index in [1.807, 2.05) is 6.07 Å². The van der Waals surface area contributed by atoms with Crippen molar-refractivity contribution in [3.63, 3.8) is 0 Å². The number of aldehydes is 1. The van der Waals surface area contributed by atoms with Crippen molar-refractivity contribution < 1.29 is 14.4 Å². The van der Waals surface area contributed by atoms with E-state index < -0.39 is 11.9 Å². The lowest BCUT2D eigenvalue weighted by Crippen LogP contribution is -2.22. The first-order valence-corrected chi connectivity index (χ1v) is 7.07. The summed E-state index contributed by atoms with van der Waals surface area (Å²) < 4.78 is 0. The molecule has 3 aromatic rings. The van der Waals surface area contributed by atoms with Gasteiger partial charge in [-0.15, -0.1) is 0 Å². The predicted molar refractivity (Wildman–Crippen MR) is 90.8 cm³/mol. The third-order valence-corrected chi connectivity index (χ3v) is 3.65. The monoisotopic (exact) mass is 322 g/mol. The van der Waals surface area contributed by atoms with Gasteiger partial charge in [0.1, 0.15) is 12.1 Å². The number of primary amides is 2. The number of benzene rings is 2. The van der Waals surface area contributed by atoms with Crippen LogP contribution in [0.3, 0.4) is 0 Å². The van der Waals surface area contributed by atoms with E-state index in [1.54, 1.807) is 36.4 Å². The molecule has 1 heterocycles. The second-order valence-electron chi connectivity index (χ2n) is 5.23. The van der Waals surface area contributed by atoms with Crippen LogP contribution in [0.1, 0.15) is 20.7 Å². The highest BCUT2D eigenvalue weighted by Gasteiger charge is 2.17. The molecular formula is C17H14N4O3. The van der Waals surface area contributed by atoms with Crippen molar-refractivity contribution in [3.8, 4) is 11.1 Å². The summed E-state index contributed by atoms with van der Waals surface area (Å²) in [5.74, 6) is -0.524. The summed E-state index contributed by atoms with van der Waals surface area (Å²) in [5.41, 5.74) is 13.5. The van der Waals surface area contributed by atoms with E-state index in [9.17, 15) is 14.4 Å². The highest BCUT2D eigenvalue weighted by atomic mass is 16.2. The molecular weight excluding hydrogens is 308 g/mol. The largest absolute Gasteiger partial charge is 0.365 e. The fourth-order valence-corrected chi connectivity index (χ4v) is 2.64. The average molecular weight is 322 g/mol. The van der Waals surface area contributed by atoms with E-state index in [-0.39, 0.29) is 11.4 Å². The summed E-state index contributed by atoms with van der Waals surface area (Å²) in [4.78, 5) is 36.6. The van der Waals surface area contributed by atoms with Crippen LogP contribution >= 0.6 is 0 Å². The molecule has 24 heavy (non-hydrogen) atoms. The number of aromatic amines is 1. The van der Waals surface area contributed by atoms with Gasteiger partial charge in [0.2, 0.25) is 0 Å². The second-order valence-corrected chi connectivity index (χ2v) is 5.23. The van der Waals surface area contributed by atoms with E-state index >= 15 is 0 Å². The van der Waals surface area contributed by atoms with Crippen molar-refractivity contribution in [1.29, 1.82) is 0 Å². The van der Waals surface area contributed by atoms with Gasteiger partial charge in [-0.3, -0.25) is 14.9 Å². The average Bonchev–Trinajstić information content (AvgIpc) is 2.91. The van der Waals surface area contributed by atoms with Crippen molar-refractivity contribution in [2.45, 2.75) is 0 Å². The Labute approximate surface area is 136 Å². The van der Waals surface area contributed by atoms with Crippen molar-refractivity contribution >= 4 is 34.9 Å². The summed E-state index contributed by atoms with van der Waals surface area (Å²) in [6, 6.07) is 11.7. The van der Waals surface area contributed by atoms with Crippen LogP contribution in [0.4, 0.5) is 10.6 Å². The Morgan fingerprint density at radius 1 is 1.04 bits per heavy atom. The lowest BCUT2D eigenvalue weighted by atomic mass is 10.0. The number of carbonyl (C=O) groups is 3. The summed E-state index contributed by atoms with van der Waals surface area (Å²) in [5, 5.41) is 2.93. The molecule has 2 aromatic carbocycles. The fourth-order valence-electron chi connectivity index (χ4n) is 2.64. The SMILES string of the molecule is NC(=O)Nc1[nH]c2cc(-c3cccc(C=O)c3)ccc2c1C(N)=O. The van der Waals surface area contributed by atoms with E-state index in [0.717, 1.165) is 17.4 Å². The van der Waals surface area contributed by atoms with Gasteiger partial charge in [0.25, 0.3) is 5.91 Å². The quantitative estimate of drug-likeness (QED) is 0.549. The maximum absolute atomic E-state index is 11.7. The summed E-state index contributed by atoms with van der Waals surface area (Å²) in [7, 11) is 0. The molecule has 3 rings (SSSR count). The van der Waals surface area contributed by atoms with Gasteiger partial charge in [-0.05, 0) is 23.3 Å². The molecule has 6 N–H and O–H groups in total. The molecule has 0 aliphatic carbocycles. The first-order chi connectivity index (χ1) is 11.5. The Bertz CT molecular complexity index is 975. The zero-order chi connectivity index (χ0) is 17.3. The van der Waals surface area contributed by atoms with Crippen molar-refractivity contribution in [1.82, 2.24) is 4.98 Å². The minimum atomic E-state index is -0.803. The second kappa shape index (κ2) is 5.88. The topological polar surface area (TPSA) is 131 Å². The molecule has 0 aliphatic rings. The number of urea groups is 1. The molecule has 3 amide bonds. The molecule has 0 saturated carbocycles. The van der Waals surface area contributed by atoms with Gasteiger partial charge < -0.3 is 16.5 Å². The standard InChI is InChI=1S/C17H14N4O3/c18-15(23)14-12-5-4-11(10-3-1-2-9(6-10)8-22)7-13(12)20-16(14)21-17(19)24/h1-8,20H,(H2,18,23)(H3,19,21,24). The van der Waals surface area contributed by atoms with Crippen LogP contribution in [0.2, 0.25) is 0 Å². The molecule has 0 aliphatic heterocycles. The number of nitrogens with two attached hydrogens (primary N) is 2. The van der Waals surface area contributed by atoms with E-state index in [0.29, 0.717) is 16.5 Å². The van der Waals surface area contributed by atoms with Crippen LogP contribution in [-0.4, -0.2) is 23.2 Å². The smallest absolute Gasteiger partial charge is 0.317 e. The molecule has 0 unspecified atom stereocenters. The van der Waals surface area contributed by atoms with Crippen LogP contribution in [0, 0.1) is 0 Å². The Morgan fingerprint density at radius 3 is 2.46 bits per heavy atom. The number of carbonyl (C=O) groups excluding carboxylic acids is 3. The minimum Gasteiger partial charge on any atom is -0.365 e. The first-order valence-electron chi connectivity index (χ1n) is 7.07. The lowest BCUT2D eigenvalue weighted by molar-refractivity contribution is 0.100. The maximum Gasteiger partial charge on any atom is 0.317 e. The van der Waals surface area contributed by atoms with E-state index in [2.05, 4.69) is 10.3 Å². The highest BCUT2D eigenvalue weighted by Crippen LogP contribution is 2.30. The van der Waals surface area contributed by atoms with Crippen molar-refractivity contribution in [3.05, 3.63) is 53.6 Å². The highest BCUT2D eigenvalue weighted by molar-refractivity contribution is 6.13. The minimum absolute atomic E-state index is 0.156. The number of anilines is 1. The van der Waals surface area contributed by atoms with Gasteiger partial charge in [-0.25, -0.2) is 4.79 Å². The van der Waals surface area contributed by atoms with E-state index in [4.69, 9.17) is 11.5 Å². The number of hydrogen-bond acceptors (Lipinski definition) is 3. The zero-order valence-electron chi connectivity index (χ0n) is 12.5. The first kappa shape index (κ1) is 15.3. The van der Waals surface area contributed by atoms with Gasteiger partial charge in [-0.2, -0.15) is 0 Å². The number of fused-ring (bicyclic) bond motifs is 1. The number of rotatable bonds is 4. The van der Waals surface area contributed by atoms with Gasteiger partial charge in [0.05, 0.1) is 5.56 Å². The van der Waals surface area contributed by atoms with Crippen LogP contribution in [0.15, 0.2) is 42.5 Å². The Balaban J connectivity index is 2.16. The molecule has 0 bridgehead atoms. The number of aromatic nitrogens is 1. The molecule has 0 fully saturated rings. The Morgan fingerprint density at radius 2 is 1.79 bits per heavy atom. The molecule has 0 atom stereocenters. The van der Waals surface area contributed by atoms with Crippen molar-refractivity contribution in [2.75, 3.05) is 5.32 Å².